The number of aryl methyl sites for hydroxylation is 1. The van der Waals surface area contributed by atoms with Gasteiger partial charge in [-0.05, 0) is 31.0 Å². The molecule has 3 rings (SSSR count). The summed E-state index contributed by atoms with van der Waals surface area (Å²) in [5, 5.41) is 7.70. The topological polar surface area (TPSA) is 68.8 Å². The predicted octanol–water partition coefficient (Wildman–Crippen LogP) is 1.57. The molecule has 0 saturated heterocycles. The fourth-order valence-corrected chi connectivity index (χ4v) is 2.24. The van der Waals surface area contributed by atoms with Gasteiger partial charge in [0.1, 0.15) is 5.82 Å². The summed E-state index contributed by atoms with van der Waals surface area (Å²) in [4.78, 5) is 4.36. The van der Waals surface area contributed by atoms with Crippen molar-refractivity contribution in [3.8, 4) is 0 Å². The van der Waals surface area contributed by atoms with E-state index in [2.05, 4.69) is 27.5 Å². The van der Waals surface area contributed by atoms with Gasteiger partial charge in [0.05, 0.1) is 6.04 Å². The predicted molar refractivity (Wildman–Crippen MR) is 66.9 cm³/mol. The van der Waals surface area contributed by atoms with Crippen LogP contribution in [0.25, 0.3) is 0 Å². The zero-order chi connectivity index (χ0) is 11.8. The van der Waals surface area contributed by atoms with Gasteiger partial charge in [0.25, 0.3) is 0 Å². The van der Waals surface area contributed by atoms with Gasteiger partial charge in [-0.2, -0.15) is 10.1 Å². The van der Waals surface area contributed by atoms with Gasteiger partial charge in [-0.15, -0.1) is 0 Å². The molecule has 0 bridgehead atoms. The van der Waals surface area contributed by atoms with Crippen LogP contribution < -0.4 is 11.1 Å². The minimum Gasteiger partial charge on any atom is -0.399 e. The van der Waals surface area contributed by atoms with E-state index in [9.17, 15) is 0 Å². The molecule has 5 nitrogen and oxygen atoms in total. The van der Waals surface area contributed by atoms with Crippen molar-refractivity contribution in [3.63, 3.8) is 0 Å². The zero-order valence-corrected chi connectivity index (χ0v) is 9.72. The lowest BCUT2D eigenvalue weighted by Crippen LogP contribution is -2.24. The van der Waals surface area contributed by atoms with Crippen molar-refractivity contribution >= 4 is 11.6 Å². The number of rotatable bonds is 1. The van der Waals surface area contributed by atoms with E-state index in [1.165, 1.54) is 5.56 Å². The van der Waals surface area contributed by atoms with Crippen LogP contribution in [0.5, 0.6) is 0 Å². The number of nitrogens with two attached hydrogens (primary N) is 1. The van der Waals surface area contributed by atoms with Crippen molar-refractivity contribution in [3.05, 3.63) is 35.7 Å². The molecule has 0 fully saturated rings. The molecule has 1 aromatic heterocycles. The second-order valence-corrected chi connectivity index (χ2v) is 4.33. The van der Waals surface area contributed by atoms with Crippen LogP contribution in [0, 0.1) is 6.92 Å². The second-order valence-electron chi connectivity index (χ2n) is 4.33. The first-order valence-corrected chi connectivity index (χ1v) is 5.76. The Morgan fingerprint density at radius 2 is 2.12 bits per heavy atom. The smallest absolute Gasteiger partial charge is 0.221 e. The van der Waals surface area contributed by atoms with Crippen molar-refractivity contribution < 1.29 is 0 Å². The summed E-state index contributed by atoms with van der Waals surface area (Å²) < 4.78 is 1.96. The van der Waals surface area contributed by atoms with Crippen LogP contribution in [-0.4, -0.2) is 21.3 Å². The molecular formula is C12H15N5. The van der Waals surface area contributed by atoms with Crippen LogP contribution in [0.15, 0.2) is 24.3 Å². The van der Waals surface area contributed by atoms with Crippen molar-refractivity contribution in [2.45, 2.75) is 19.4 Å². The Bertz CT molecular complexity index is 528. The first-order chi connectivity index (χ1) is 8.24. The number of nitrogens with one attached hydrogen (secondary N) is 1. The Morgan fingerprint density at radius 1 is 1.35 bits per heavy atom. The summed E-state index contributed by atoms with van der Waals surface area (Å²) in [6.07, 6.45) is 1.01. The summed E-state index contributed by atoms with van der Waals surface area (Å²) in [7, 11) is 0. The number of fused-ring (bicyclic) bond motifs is 1. The molecule has 2 aromatic rings. The van der Waals surface area contributed by atoms with Gasteiger partial charge >= 0.3 is 0 Å². The van der Waals surface area contributed by atoms with Gasteiger partial charge in [-0.1, -0.05) is 12.1 Å². The van der Waals surface area contributed by atoms with Crippen molar-refractivity contribution in [2.75, 3.05) is 17.6 Å². The highest BCUT2D eigenvalue weighted by Crippen LogP contribution is 2.28. The van der Waals surface area contributed by atoms with Crippen LogP contribution in [0.2, 0.25) is 0 Å². The van der Waals surface area contributed by atoms with Crippen LogP contribution in [0.4, 0.5) is 11.6 Å². The summed E-state index contributed by atoms with van der Waals surface area (Å²) in [5.41, 5.74) is 7.73. The molecule has 3 N–H and O–H groups in total. The number of anilines is 2. The Hall–Kier alpha value is -2.04. The average Bonchev–Trinajstić information content (AvgIpc) is 2.70. The van der Waals surface area contributed by atoms with E-state index < -0.39 is 0 Å². The number of hydrogen-bond donors (Lipinski definition) is 2. The molecule has 1 atom stereocenters. The van der Waals surface area contributed by atoms with E-state index in [-0.39, 0.29) is 6.04 Å². The summed E-state index contributed by atoms with van der Waals surface area (Å²) in [6, 6.07) is 8.24. The molecule has 0 aliphatic carbocycles. The number of hydrogen-bond acceptors (Lipinski definition) is 4. The maximum Gasteiger partial charge on any atom is 0.221 e. The maximum atomic E-state index is 5.71. The second kappa shape index (κ2) is 3.76. The maximum absolute atomic E-state index is 5.71. The van der Waals surface area contributed by atoms with E-state index >= 15 is 0 Å². The molecule has 1 aliphatic rings. The van der Waals surface area contributed by atoms with E-state index in [4.69, 9.17) is 5.73 Å². The van der Waals surface area contributed by atoms with Crippen LogP contribution in [0.1, 0.15) is 23.9 Å². The van der Waals surface area contributed by atoms with Crippen LogP contribution in [0.3, 0.4) is 0 Å². The molecule has 0 amide bonds. The van der Waals surface area contributed by atoms with Crippen molar-refractivity contribution in [1.82, 2.24) is 14.8 Å². The minimum absolute atomic E-state index is 0.257. The third-order valence-corrected chi connectivity index (χ3v) is 3.05. The monoisotopic (exact) mass is 229 g/mol. The normalized spacial score (nSPS) is 18.5. The first kappa shape index (κ1) is 10.1. The lowest BCUT2D eigenvalue weighted by atomic mass is 10.0. The first-order valence-electron chi connectivity index (χ1n) is 5.76. The Kier molecular flexibility index (Phi) is 2.24. The molecule has 5 heteroatoms. The zero-order valence-electron chi connectivity index (χ0n) is 9.72. The molecule has 0 radical (unpaired) electrons. The SMILES string of the molecule is Cc1nc2n(n1)C(c1ccc(N)cc1)CCN2. The fourth-order valence-electron chi connectivity index (χ4n) is 2.24. The van der Waals surface area contributed by atoms with Crippen molar-refractivity contribution in [1.29, 1.82) is 0 Å². The molecular weight excluding hydrogens is 214 g/mol. The van der Waals surface area contributed by atoms with E-state index in [0.717, 1.165) is 30.4 Å². The number of aromatic nitrogens is 3. The van der Waals surface area contributed by atoms with Crippen molar-refractivity contribution in [2.24, 2.45) is 0 Å². The van der Waals surface area contributed by atoms with Gasteiger partial charge in [0, 0.05) is 12.2 Å². The number of nitrogens with zero attached hydrogens (tertiary/aromatic N) is 3. The van der Waals surface area contributed by atoms with Gasteiger partial charge in [0.15, 0.2) is 0 Å². The molecule has 1 unspecified atom stereocenters. The Balaban J connectivity index is 2.02. The third kappa shape index (κ3) is 1.73. The molecule has 0 saturated carbocycles. The molecule has 88 valence electrons. The van der Waals surface area contributed by atoms with E-state index in [0.29, 0.717) is 0 Å². The summed E-state index contributed by atoms with van der Waals surface area (Å²) in [5.74, 6) is 1.66. The van der Waals surface area contributed by atoms with E-state index in [1.54, 1.807) is 0 Å². The highest BCUT2D eigenvalue weighted by atomic mass is 15.4. The van der Waals surface area contributed by atoms with Gasteiger partial charge < -0.3 is 11.1 Å². The largest absolute Gasteiger partial charge is 0.399 e. The molecule has 2 heterocycles. The molecule has 17 heavy (non-hydrogen) atoms. The molecule has 1 aliphatic heterocycles. The number of nitrogen functional groups attached to an aromatic ring is 1. The lowest BCUT2D eigenvalue weighted by molar-refractivity contribution is 0.478. The third-order valence-electron chi connectivity index (χ3n) is 3.05. The standard InChI is InChI=1S/C12H15N5/c1-8-15-12-14-7-6-11(17(12)16-8)9-2-4-10(13)5-3-9/h2-5,11H,6-7,13H2,1H3,(H,14,15,16). The van der Waals surface area contributed by atoms with E-state index in [1.807, 2.05) is 23.7 Å². The summed E-state index contributed by atoms with van der Waals surface area (Å²) >= 11 is 0. The highest BCUT2D eigenvalue weighted by Gasteiger charge is 2.23. The Morgan fingerprint density at radius 3 is 2.88 bits per heavy atom. The van der Waals surface area contributed by atoms with Gasteiger partial charge in [0.2, 0.25) is 5.95 Å². The average molecular weight is 229 g/mol. The summed E-state index contributed by atoms with van der Waals surface area (Å²) in [6.45, 7) is 2.83. The fraction of sp³-hybridized carbons (Fsp3) is 0.333. The lowest BCUT2D eigenvalue weighted by Gasteiger charge is -2.24. The highest BCUT2D eigenvalue weighted by molar-refractivity contribution is 5.41. The molecule has 0 spiro atoms. The van der Waals surface area contributed by atoms with Gasteiger partial charge in [-0.3, -0.25) is 0 Å². The van der Waals surface area contributed by atoms with Crippen LogP contribution in [-0.2, 0) is 0 Å². The quantitative estimate of drug-likeness (QED) is 0.728. The van der Waals surface area contributed by atoms with Gasteiger partial charge in [-0.25, -0.2) is 4.68 Å². The number of benzene rings is 1. The molecule has 1 aromatic carbocycles. The Labute approximate surface area is 99.7 Å². The minimum atomic E-state index is 0.257. The van der Waals surface area contributed by atoms with Crippen LogP contribution >= 0.6 is 0 Å².